The van der Waals surface area contributed by atoms with E-state index in [1.807, 2.05) is 36.4 Å². The van der Waals surface area contributed by atoms with Gasteiger partial charge < -0.3 is 5.11 Å². The Balaban J connectivity index is 1.98. The van der Waals surface area contributed by atoms with E-state index in [1.54, 1.807) is 6.20 Å². The molecule has 1 N–H and O–H groups in total. The molecule has 21 heavy (non-hydrogen) atoms. The maximum absolute atomic E-state index is 10.6. The van der Waals surface area contributed by atoms with Crippen LogP contribution in [0, 0.1) is 6.92 Å². The third-order valence-corrected chi connectivity index (χ3v) is 4.31. The smallest absolute Gasteiger partial charge is 0.0851 e. The molecule has 0 aliphatic rings. The van der Waals surface area contributed by atoms with Crippen molar-refractivity contribution in [1.82, 2.24) is 4.98 Å². The molecule has 3 rings (SSSR count). The van der Waals surface area contributed by atoms with E-state index in [-0.39, 0.29) is 0 Å². The highest BCUT2D eigenvalue weighted by Gasteiger charge is 2.14. The van der Waals surface area contributed by atoms with Crippen LogP contribution in [0.1, 0.15) is 22.8 Å². The van der Waals surface area contributed by atoms with Gasteiger partial charge in [0.2, 0.25) is 0 Å². The first-order chi connectivity index (χ1) is 10.1. The first-order valence-electron chi connectivity index (χ1n) is 6.92. The highest BCUT2D eigenvalue weighted by atomic mass is 79.9. The quantitative estimate of drug-likeness (QED) is 0.756. The number of benzene rings is 2. The van der Waals surface area contributed by atoms with Gasteiger partial charge in [0.05, 0.1) is 11.6 Å². The molecule has 2 nitrogen and oxygen atoms in total. The molecule has 1 unspecified atom stereocenters. The zero-order valence-corrected chi connectivity index (χ0v) is 13.3. The fourth-order valence-corrected chi connectivity index (χ4v) is 3.05. The van der Waals surface area contributed by atoms with Crippen molar-refractivity contribution in [2.24, 2.45) is 0 Å². The molecule has 0 saturated heterocycles. The molecule has 0 bridgehead atoms. The van der Waals surface area contributed by atoms with Gasteiger partial charge in [0.25, 0.3) is 0 Å². The van der Waals surface area contributed by atoms with Crippen LogP contribution in [0.3, 0.4) is 0 Å². The monoisotopic (exact) mass is 341 g/mol. The minimum Gasteiger partial charge on any atom is -0.388 e. The summed E-state index contributed by atoms with van der Waals surface area (Å²) in [5.41, 5.74) is 4.07. The van der Waals surface area contributed by atoms with E-state index in [2.05, 4.69) is 40.0 Å². The topological polar surface area (TPSA) is 33.1 Å². The molecule has 0 aliphatic carbocycles. The van der Waals surface area contributed by atoms with Gasteiger partial charge in [-0.15, -0.1) is 0 Å². The van der Waals surface area contributed by atoms with Crippen LogP contribution in [0.4, 0.5) is 0 Å². The van der Waals surface area contributed by atoms with Crippen molar-refractivity contribution in [3.63, 3.8) is 0 Å². The Labute approximate surface area is 132 Å². The molecular weight excluding hydrogens is 326 g/mol. The summed E-state index contributed by atoms with van der Waals surface area (Å²) >= 11 is 3.53. The highest BCUT2D eigenvalue weighted by Crippen LogP contribution is 2.30. The molecule has 1 heterocycles. The number of fused-ring (bicyclic) bond motifs is 1. The summed E-state index contributed by atoms with van der Waals surface area (Å²) in [7, 11) is 0. The fraction of sp³-hybridized carbons (Fsp3) is 0.167. The first-order valence-corrected chi connectivity index (χ1v) is 7.71. The molecule has 0 aliphatic heterocycles. The van der Waals surface area contributed by atoms with Gasteiger partial charge in [0.1, 0.15) is 0 Å². The number of aromatic nitrogens is 1. The van der Waals surface area contributed by atoms with Gasteiger partial charge in [-0.05, 0) is 24.6 Å². The Bertz CT molecular complexity index is 785. The van der Waals surface area contributed by atoms with Crippen LogP contribution < -0.4 is 0 Å². The van der Waals surface area contributed by atoms with E-state index in [4.69, 9.17) is 0 Å². The van der Waals surface area contributed by atoms with Gasteiger partial charge in [-0.1, -0.05) is 57.9 Å². The van der Waals surface area contributed by atoms with E-state index >= 15 is 0 Å². The average molecular weight is 342 g/mol. The van der Waals surface area contributed by atoms with Crippen LogP contribution in [-0.4, -0.2) is 10.1 Å². The molecule has 0 radical (unpaired) electrons. The molecular formula is C18H16BrNO. The van der Waals surface area contributed by atoms with Crippen molar-refractivity contribution in [3.05, 3.63) is 75.9 Å². The third kappa shape index (κ3) is 2.99. The number of hydrogen-bond acceptors (Lipinski definition) is 2. The van der Waals surface area contributed by atoms with Crippen molar-refractivity contribution < 1.29 is 5.11 Å². The zero-order valence-electron chi connectivity index (χ0n) is 11.8. The average Bonchev–Trinajstić information content (AvgIpc) is 2.48. The maximum Gasteiger partial charge on any atom is 0.0851 e. The minimum absolute atomic E-state index is 0.558. The summed E-state index contributed by atoms with van der Waals surface area (Å²) in [4.78, 5) is 4.43. The standard InChI is InChI=1S/C18H16BrNO/c1-12-4-2-5-13(10-12)11-17(21)15-7-8-16(19)14-6-3-9-20-18(14)15/h2-10,17,21H,11H2,1H3. The minimum atomic E-state index is -0.558. The lowest BCUT2D eigenvalue weighted by Gasteiger charge is -2.14. The van der Waals surface area contributed by atoms with Gasteiger partial charge in [0.15, 0.2) is 0 Å². The summed E-state index contributed by atoms with van der Waals surface area (Å²) in [6.45, 7) is 2.06. The van der Waals surface area contributed by atoms with Crippen LogP contribution in [0.25, 0.3) is 10.9 Å². The van der Waals surface area contributed by atoms with E-state index in [9.17, 15) is 5.11 Å². The molecule has 0 fully saturated rings. The first kappa shape index (κ1) is 14.2. The summed E-state index contributed by atoms with van der Waals surface area (Å²) in [6.07, 6.45) is 1.80. The molecule has 0 amide bonds. The van der Waals surface area contributed by atoms with Crippen molar-refractivity contribution in [1.29, 1.82) is 0 Å². The molecule has 1 atom stereocenters. The lowest BCUT2D eigenvalue weighted by Crippen LogP contribution is -2.03. The van der Waals surface area contributed by atoms with E-state index in [0.29, 0.717) is 6.42 Å². The van der Waals surface area contributed by atoms with Crippen LogP contribution >= 0.6 is 15.9 Å². The van der Waals surface area contributed by atoms with Gasteiger partial charge >= 0.3 is 0 Å². The Morgan fingerprint density at radius 3 is 2.81 bits per heavy atom. The molecule has 2 aromatic carbocycles. The van der Waals surface area contributed by atoms with E-state index in [1.165, 1.54) is 5.56 Å². The normalized spacial score (nSPS) is 12.5. The number of rotatable bonds is 3. The highest BCUT2D eigenvalue weighted by molar-refractivity contribution is 9.10. The molecule has 3 aromatic rings. The SMILES string of the molecule is Cc1cccc(CC(O)c2ccc(Br)c3cccnc23)c1. The Morgan fingerprint density at radius 2 is 2.00 bits per heavy atom. The van der Waals surface area contributed by atoms with Crippen LogP contribution in [0.5, 0.6) is 0 Å². The van der Waals surface area contributed by atoms with Crippen molar-refractivity contribution in [3.8, 4) is 0 Å². The van der Waals surface area contributed by atoms with Gasteiger partial charge in [-0.3, -0.25) is 4.98 Å². The largest absolute Gasteiger partial charge is 0.388 e. The predicted molar refractivity (Wildman–Crippen MR) is 89.3 cm³/mol. The lowest BCUT2D eigenvalue weighted by atomic mass is 9.98. The molecule has 106 valence electrons. The third-order valence-electron chi connectivity index (χ3n) is 3.62. The number of hydrogen-bond donors (Lipinski definition) is 1. The molecule has 3 heteroatoms. The van der Waals surface area contributed by atoms with Gasteiger partial charge in [0, 0.05) is 28.0 Å². The Hall–Kier alpha value is -1.71. The van der Waals surface area contributed by atoms with Crippen LogP contribution in [-0.2, 0) is 6.42 Å². The predicted octanol–water partition coefficient (Wildman–Crippen LogP) is 4.58. The number of pyridine rings is 1. The summed E-state index contributed by atoms with van der Waals surface area (Å²) in [5, 5.41) is 11.6. The lowest BCUT2D eigenvalue weighted by molar-refractivity contribution is 0.180. The van der Waals surface area contributed by atoms with Gasteiger partial charge in [-0.25, -0.2) is 0 Å². The van der Waals surface area contributed by atoms with E-state index in [0.717, 1.165) is 26.5 Å². The van der Waals surface area contributed by atoms with E-state index < -0.39 is 6.10 Å². The second-order valence-corrected chi connectivity index (χ2v) is 6.10. The fourth-order valence-electron chi connectivity index (χ4n) is 2.60. The number of aryl methyl sites for hydroxylation is 1. The van der Waals surface area contributed by atoms with Crippen molar-refractivity contribution >= 4 is 26.8 Å². The molecule has 1 aromatic heterocycles. The Kier molecular flexibility index (Phi) is 4.04. The maximum atomic E-state index is 10.6. The number of nitrogens with zero attached hydrogens (tertiary/aromatic N) is 1. The summed E-state index contributed by atoms with van der Waals surface area (Å²) < 4.78 is 0.997. The second-order valence-electron chi connectivity index (χ2n) is 5.25. The number of aliphatic hydroxyl groups is 1. The summed E-state index contributed by atoms with van der Waals surface area (Å²) in [6, 6.07) is 16.1. The number of aliphatic hydroxyl groups excluding tert-OH is 1. The zero-order chi connectivity index (χ0) is 14.8. The molecule has 0 saturated carbocycles. The molecule has 0 spiro atoms. The second kappa shape index (κ2) is 5.96. The van der Waals surface area contributed by atoms with Gasteiger partial charge in [-0.2, -0.15) is 0 Å². The Morgan fingerprint density at radius 1 is 1.14 bits per heavy atom. The van der Waals surface area contributed by atoms with Crippen molar-refractivity contribution in [2.75, 3.05) is 0 Å². The summed E-state index contributed by atoms with van der Waals surface area (Å²) in [5.74, 6) is 0. The van der Waals surface area contributed by atoms with Crippen LogP contribution in [0.15, 0.2) is 59.2 Å². The van der Waals surface area contributed by atoms with Crippen molar-refractivity contribution in [2.45, 2.75) is 19.4 Å². The number of halogens is 1. The van der Waals surface area contributed by atoms with Crippen LogP contribution in [0.2, 0.25) is 0 Å².